The zero-order valence-corrected chi connectivity index (χ0v) is 13.7. The van der Waals surface area contributed by atoms with Crippen LogP contribution in [0.1, 0.15) is 23.2 Å². The topological polar surface area (TPSA) is 66.0 Å². The third-order valence-electron chi connectivity index (χ3n) is 3.99. The van der Waals surface area contributed by atoms with Gasteiger partial charge < -0.3 is 16.0 Å². The summed E-state index contributed by atoms with van der Waals surface area (Å²) >= 11 is 0. The Morgan fingerprint density at radius 3 is 3.08 bits per heavy atom. The van der Waals surface area contributed by atoms with Gasteiger partial charge in [0.25, 0.3) is 0 Å². The molecule has 1 aromatic heterocycles. The molecule has 3 rings (SSSR count). The predicted octanol–water partition coefficient (Wildman–Crippen LogP) is 3.25. The Bertz CT molecular complexity index is 748. The van der Waals surface area contributed by atoms with Crippen LogP contribution in [0.3, 0.4) is 0 Å². The van der Waals surface area contributed by atoms with Crippen molar-refractivity contribution < 1.29 is 9.18 Å². The molecule has 1 aliphatic heterocycles. The van der Waals surface area contributed by atoms with Crippen LogP contribution in [0.2, 0.25) is 0 Å². The van der Waals surface area contributed by atoms with E-state index in [9.17, 15) is 9.18 Å². The van der Waals surface area contributed by atoms with Crippen LogP contribution in [0.5, 0.6) is 0 Å². The lowest BCUT2D eigenvalue weighted by Gasteiger charge is -2.17. The van der Waals surface area contributed by atoms with E-state index < -0.39 is 11.8 Å². The number of rotatable bonds is 4. The normalized spacial score (nSPS) is 12.9. The van der Waals surface area contributed by atoms with Gasteiger partial charge in [0.15, 0.2) is 0 Å². The number of carbonyl (C=O) groups excluding carboxylic acids is 1. The summed E-state index contributed by atoms with van der Waals surface area (Å²) in [6.07, 6.45) is 2.81. The highest BCUT2D eigenvalue weighted by Crippen LogP contribution is 2.19. The molecule has 2 amide bonds. The molecule has 0 bridgehead atoms. The zero-order valence-electron chi connectivity index (χ0n) is 13.7. The number of aryl methyl sites for hydroxylation is 2. The van der Waals surface area contributed by atoms with Crippen molar-refractivity contribution in [1.29, 1.82) is 0 Å². The van der Waals surface area contributed by atoms with Gasteiger partial charge >= 0.3 is 6.03 Å². The average Bonchev–Trinajstić information content (AvgIpc) is 2.58. The van der Waals surface area contributed by atoms with Crippen molar-refractivity contribution in [3.63, 3.8) is 0 Å². The molecule has 2 heterocycles. The van der Waals surface area contributed by atoms with Crippen molar-refractivity contribution in [2.24, 2.45) is 0 Å². The number of fused-ring (bicyclic) bond motifs is 1. The Kier molecular flexibility index (Phi) is 4.93. The molecule has 1 aliphatic rings. The molecule has 0 atom stereocenters. The van der Waals surface area contributed by atoms with Crippen LogP contribution in [0, 0.1) is 12.7 Å². The number of hydrogen-bond acceptors (Lipinski definition) is 3. The first-order chi connectivity index (χ1) is 11.6. The summed E-state index contributed by atoms with van der Waals surface area (Å²) in [6, 6.07) is 8.27. The van der Waals surface area contributed by atoms with E-state index >= 15 is 0 Å². The fourth-order valence-electron chi connectivity index (χ4n) is 2.71. The fourth-order valence-corrected chi connectivity index (χ4v) is 2.71. The number of anilines is 2. The minimum atomic E-state index is -0.446. The number of urea groups is 1. The molecule has 0 radical (unpaired) electrons. The smallest absolute Gasteiger partial charge is 0.319 e. The molecule has 126 valence electrons. The number of amides is 2. The Morgan fingerprint density at radius 2 is 2.21 bits per heavy atom. The van der Waals surface area contributed by atoms with Crippen molar-refractivity contribution in [2.75, 3.05) is 23.7 Å². The van der Waals surface area contributed by atoms with Crippen molar-refractivity contribution >= 4 is 17.5 Å². The largest absolute Gasteiger partial charge is 0.370 e. The van der Waals surface area contributed by atoms with Crippen LogP contribution in [-0.4, -0.2) is 24.1 Å². The van der Waals surface area contributed by atoms with E-state index in [1.807, 2.05) is 13.0 Å². The summed E-state index contributed by atoms with van der Waals surface area (Å²) < 4.78 is 13.6. The molecule has 0 fully saturated rings. The maximum Gasteiger partial charge on any atom is 0.319 e. The quantitative estimate of drug-likeness (QED) is 0.807. The van der Waals surface area contributed by atoms with Gasteiger partial charge in [0.05, 0.1) is 5.69 Å². The molecule has 6 heteroatoms. The molecule has 24 heavy (non-hydrogen) atoms. The fraction of sp³-hybridized carbons (Fsp3) is 0.333. The first kappa shape index (κ1) is 16.2. The molecular formula is C18H21FN4O. The van der Waals surface area contributed by atoms with Crippen molar-refractivity contribution in [3.05, 3.63) is 53.0 Å². The van der Waals surface area contributed by atoms with Gasteiger partial charge in [0, 0.05) is 25.2 Å². The maximum absolute atomic E-state index is 13.6. The lowest BCUT2D eigenvalue weighted by Crippen LogP contribution is -2.31. The van der Waals surface area contributed by atoms with E-state index in [0.717, 1.165) is 36.5 Å². The van der Waals surface area contributed by atoms with Gasteiger partial charge in [-0.1, -0.05) is 12.1 Å². The highest BCUT2D eigenvalue weighted by Gasteiger charge is 2.11. The summed E-state index contributed by atoms with van der Waals surface area (Å²) in [5, 5.41) is 8.55. The summed E-state index contributed by atoms with van der Waals surface area (Å²) in [5.74, 6) is 0.503. The highest BCUT2D eigenvalue weighted by atomic mass is 19.1. The Balaban J connectivity index is 1.51. The minimum absolute atomic E-state index is 0.184. The number of pyridine rings is 1. The molecule has 0 aliphatic carbocycles. The highest BCUT2D eigenvalue weighted by molar-refractivity contribution is 5.89. The maximum atomic E-state index is 13.6. The van der Waals surface area contributed by atoms with E-state index in [2.05, 4.69) is 27.0 Å². The molecular weight excluding hydrogens is 307 g/mol. The number of nitrogens with one attached hydrogen (secondary N) is 3. The second-order valence-corrected chi connectivity index (χ2v) is 5.95. The molecule has 0 saturated heterocycles. The van der Waals surface area contributed by atoms with Gasteiger partial charge in [-0.2, -0.15) is 0 Å². The van der Waals surface area contributed by atoms with Gasteiger partial charge in [0.1, 0.15) is 11.6 Å². The Hall–Kier alpha value is -2.63. The summed E-state index contributed by atoms with van der Waals surface area (Å²) in [5.41, 5.74) is 3.23. The lowest BCUT2D eigenvalue weighted by molar-refractivity contribution is 0.252. The summed E-state index contributed by atoms with van der Waals surface area (Å²) in [7, 11) is 0. The molecule has 3 N–H and O–H groups in total. The van der Waals surface area contributed by atoms with Crippen LogP contribution in [0.4, 0.5) is 20.7 Å². The van der Waals surface area contributed by atoms with E-state index in [0.29, 0.717) is 13.0 Å². The van der Waals surface area contributed by atoms with E-state index in [1.165, 1.54) is 11.6 Å². The first-order valence-corrected chi connectivity index (χ1v) is 8.15. The van der Waals surface area contributed by atoms with Crippen LogP contribution >= 0.6 is 0 Å². The molecule has 0 spiro atoms. The summed E-state index contributed by atoms with van der Waals surface area (Å²) in [4.78, 5) is 16.5. The predicted molar refractivity (Wildman–Crippen MR) is 92.9 cm³/mol. The molecule has 1 aromatic carbocycles. The third-order valence-corrected chi connectivity index (χ3v) is 3.99. The standard InChI is InChI=1S/C18H21FN4O/c1-12-4-7-15(19)16(11-12)23-18(24)21-10-8-14-6-5-13-3-2-9-20-17(13)22-14/h4-7,11H,2-3,8-10H2,1H3,(H,20,22)(H2,21,23,24). The number of halogens is 1. The SMILES string of the molecule is Cc1ccc(F)c(NC(=O)NCCc2ccc3c(n2)NCCC3)c1. The monoisotopic (exact) mass is 328 g/mol. The first-order valence-electron chi connectivity index (χ1n) is 8.15. The van der Waals surface area contributed by atoms with E-state index in [-0.39, 0.29) is 5.69 Å². The lowest BCUT2D eigenvalue weighted by atomic mass is 10.1. The molecule has 0 saturated carbocycles. The average molecular weight is 328 g/mol. The van der Waals surface area contributed by atoms with Gasteiger partial charge in [-0.15, -0.1) is 0 Å². The molecule has 5 nitrogen and oxygen atoms in total. The van der Waals surface area contributed by atoms with Crippen LogP contribution < -0.4 is 16.0 Å². The number of carbonyl (C=O) groups is 1. The minimum Gasteiger partial charge on any atom is -0.370 e. The third kappa shape index (κ3) is 4.01. The zero-order chi connectivity index (χ0) is 16.9. The van der Waals surface area contributed by atoms with Crippen molar-refractivity contribution in [2.45, 2.75) is 26.2 Å². The van der Waals surface area contributed by atoms with E-state index in [4.69, 9.17) is 0 Å². The van der Waals surface area contributed by atoms with Crippen LogP contribution in [0.15, 0.2) is 30.3 Å². The Morgan fingerprint density at radius 1 is 1.33 bits per heavy atom. The second kappa shape index (κ2) is 7.29. The number of hydrogen-bond donors (Lipinski definition) is 3. The van der Waals surface area contributed by atoms with Gasteiger partial charge in [-0.25, -0.2) is 14.2 Å². The summed E-state index contributed by atoms with van der Waals surface area (Å²) in [6.45, 7) is 3.23. The van der Waals surface area contributed by atoms with Crippen LogP contribution in [-0.2, 0) is 12.8 Å². The number of benzene rings is 1. The van der Waals surface area contributed by atoms with Gasteiger partial charge in [0.2, 0.25) is 0 Å². The van der Waals surface area contributed by atoms with E-state index in [1.54, 1.807) is 12.1 Å². The van der Waals surface area contributed by atoms with Crippen LogP contribution in [0.25, 0.3) is 0 Å². The van der Waals surface area contributed by atoms with Gasteiger partial charge in [-0.05, 0) is 49.1 Å². The van der Waals surface area contributed by atoms with Crippen molar-refractivity contribution in [3.8, 4) is 0 Å². The van der Waals surface area contributed by atoms with Gasteiger partial charge in [-0.3, -0.25) is 0 Å². The molecule has 0 unspecified atom stereocenters. The second-order valence-electron chi connectivity index (χ2n) is 5.95. The van der Waals surface area contributed by atoms with Crippen molar-refractivity contribution in [1.82, 2.24) is 10.3 Å². The number of nitrogens with zero attached hydrogens (tertiary/aromatic N) is 1. The number of aromatic nitrogens is 1. The molecule has 2 aromatic rings. The Labute approximate surface area is 140 Å².